The molecular formula is H3AgBrIN. The Labute approximate surface area is 51.3 Å². The first kappa shape index (κ1) is 9.32. The third kappa shape index (κ3) is 9.08. The summed E-state index contributed by atoms with van der Waals surface area (Å²) >= 11 is 6.25. The molecule has 0 radical (unpaired) electrons. The molecule has 0 amide bonds. The van der Waals surface area contributed by atoms with Gasteiger partial charge in [0.1, 0.15) is 0 Å². The van der Waals surface area contributed by atoms with Gasteiger partial charge in [-0.3, -0.25) is 0 Å². The Bertz CT molecular complexity index is 8.00. The van der Waals surface area contributed by atoms with Crippen molar-refractivity contribution >= 4 is 32.0 Å². The molecular weight excluding hydrogens is 329 g/mol. The van der Waals surface area contributed by atoms with Crippen LogP contribution >= 0.6 is 32.0 Å². The SMILES string of the molecule is N.[Br][Ag][I]. The molecule has 3 N–H and O–H groups in total. The van der Waals surface area contributed by atoms with Crippen LogP contribution in [-0.2, 0) is 13.8 Å². The van der Waals surface area contributed by atoms with E-state index in [0.29, 0.717) is 0 Å². The average Bonchev–Trinajstić information content (AvgIpc) is 0.918. The molecule has 33 valence electrons. The van der Waals surface area contributed by atoms with Crippen LogP contribution in [0.2, 0.25) is 0 Å². The summed E-state index contributed by atoms with van der Waals surface area (Å²) in [5.41, 5.74) is 0. The van der Waals surface area contributed by atoms with Gasteiger partial charge in [-0.25, -0.2) is 0 Å². The van der Waals surface area contributed by atoms with Gasteiger partial charge in [0.25, 0.3) is 0 Å². The number of rotatable bonds is 0. The Balaban J connectivity index is 0. The van der Waals surface area contributed by atoms with Crippen LogP contribution in [-0.4, -0.2) is 0 Å². The van der Waals surface area contributed by atoms with Crippen molar-refractivity contribution in [2.24, 2.45) is 0 Å². The predicted molar refractivity (Wildman–Crippen MR) is 28.0 cm³/mol. The van der Waals surface area contributed by atoms with E-state index in [1.54, 1.807) is 0 Å². The minimum atomic E-state index is 0. The van der Waals surface area contributed by atoms with Crippen LogP contribution in [0.5, 0.6) is 0 Å². The predicted octanol–water partition coefficient (Wildman–Crippen LogP) is 1.89. The van der Waals surface area contributed by atoms with Gasteiger partial charge in [0, 0.05) is 0 Å². The van der Waals surface area contributed by atoms with Crippen LogP contribution in [0.25, 0.3) is 0 Å². The molecule has 0 bridgehead atoms. The van der Waals surface area contributed by atoms with E-state index in [-0.39, 0.29) is 6.15 Å². The first-order valence-corrected chi connectivity index (χ1v) is 8.03. The third-order valence-corrected chi connectivity index (χ3v) is 0. The van der Waals surface area contributed by atoms with E-state index in [0.717, 1.165) is 13.8 Å². The summed E-state index contributed by atoms with van der Waals surface area (Å²) in [6, 6.07) is 0. The molecule has 0 aromatic heterocycles. The number of hydrogen-bond acceptors (Lipinski definition) is 1. The molecule has 1 nitrogen and oxygen atoms in total. The van der Waals surface area contributed by atoms with Crippen LogP contribution in [0.1, 0.15) is 0 Å². The van der Waals surface area contributed by atoms with E-state index in [1.807, 2.05) is 0 Å². The number of hydrogen-bond donors (Lipinski definition) is 1. The standard InChI is InChI=1S/Ag.BrH.HI.H3N/h;2*1H;1H3/q+2;;;/p-2. The Morgan fingerprint density at radius 3 is 1.75 bits per heavy atom. The second-order valence-corrected chi connectivity index (χ2v) is 8.88. The van der Waals surface area contributed by atoms with Crippen LogP contribution < -0.4 is 6.15 Å². The van der Waals surface area contributed by atoms with Gasteiger partial charge < -0.3 is 6.15 Å². The first-order valence-electron chi connectivity index (χ1n) is 0.228. The normalized spacial score (nSPS) is 5.50. The Morgan fingerprint density at radius 2 is 1.75 bits per heavy atom. The second kappa shape index (κ2) is 8.86. The number of halogens is 2. The van der Waals surface area contributed by atoms with Crippen LogP contribution in [0.4, 0.5) is 0 Å². The molecule has 0 aromatic carbocycles. The minimum absolute atomic E-state index is 0. The van der Waals surface area contributed by atoms with Gasteiger partial charge in [-0.1, -0.05) is 0 Å². The molecule has 0 aliphatic heterocycles. The van der Waals surface area contributed by atoms with Crippen molar-refractivity contribution in [3.8, 4) is 0 Å². The maximum absolute atomic E-state index is 3.16. The summed E-state index contributed by atoms with van der Waals surface area (Å²) in [5.74, 6) is 0. The molecule has 0 spiro atoms. The van der Waals surface area contributed by atoms with Gasteiger partial charge in [-0.2, -0.15) is 0 Å². The zero-order chi connectivity index (χ0) is 2.71. The van der Waals surface area contributed by atoms with E-state index >= 15 is 0 Å². The molecule has 0 atom stereocenters. The van der Waals surface area contributed by atoms with E-state index in [9.17, 15) is 0 Å². The molecule has 0 unspecified atom stereocenters. The molecule has 4 heavy (non-hydrogen) atoms. The van der Waals surface area contributed by atoms with E-state index in [1.165, 1.54) is 0 Å². The van der Waals surface area contributed by atoms with Crippen molar-refractivity contribution in [2.75, 3.05) is 0 Å². The molecule has 0 aliphatic rings. The van der Waals surface area contributed by atoms with Crippen molar-refractivity contribution in [3.63, 3.8) is 0 Å². The van der Waals surface area contributed by atoms with Crippen LogP contribution in [0, 0.1) is 0 Å². The molecule has 0 aromatic rings. The molecule has 0 saturated carbocycles. The van der Waals surface area contributed by atoms with E-state index in [4.69, 9.17) is 0 Å². The summed E-state index contributed by atoms with van der Waals surface area (Å²) in [6.07, 6.45) is 0. The Morgan fingerprint density at radius 1 is 1.75 bits per heavy atom. The summed E-state index contributed by atoms with van der Waals surface area (Å²) in [7, 11) is 0. The Kier molecular flexibility index (Phi) is 20.7. The second-order valence-electron chi connectivity index (χ2n) is 0.0431. The average molecular weight is 332 g/mol. The van der Waals surface area contributed by atoms with Crippen molar-refractivity contribution in [1.82, 2.24) is 6.15 Å². The zero-order valence-electron chi connectivity index (χ0n) is 1.76. The molecule has 0 rings (SSSR count). The molecule has 0 saturated heterocycles. The van der Waals surface area contributed by atoms with Gasteiger partial charge in [-0.15, -0.1) is 0 Å². The zero-order valence-corrected chi connectivity index (χ0v) is 6.99. The van der Waals surface area contributed by atoms with E-state index in [2.05, 4.69) is 32.0 Å². The molecule has 0 heterocycles. The van der Waals surface area contributed by atoms with Gasteiger partial charge in [0.05, 0.1) is 0 Å². The molecule has 0 aliphatic carbocycles. The fourth-order valence-corrected chi connectivity index (χ4v) is 0. The maximum atomic E-state index is 3.16. The van der Waals surface area contributed by atoms with Crippen molar-refractivity contribution in [1.29, 1.82) is 0 Å². The van der Waals surface area contributed by atoms with Gasteiger partial charge >= 0.3 is 45.9 Å². The fourth-order valence-electron chi connectivity index (χ4n) is 0. The van der Waals surface area contributed by atoms with Crippen molar-refractivity contribution < 1.29 is 13.8 Å². The summed E-state index contributed by atoms with van der Waals surface area (Å²) < 4.78 is 0. The van der Waals surface area contributed by atoms with Gasteiger partial charge in [0.2, 0.25) is 0 Å². The Hall–Kier alpha value is 1.91. The molecule has 0 fully saturated rings. The van der Waals surface area contributed by atoms with Crippen molar-refractivity contribution in [3.05, 3.63) is 0 Å². The quantitative estimate of drug-likeness (QED) is 0.534. The summed E-state index contributed by atoms with van der Waals surface area (Å²) in [6.45, 7) is 0. The van der Waals surface area contributed by atoms with Crippen LogP contribution in [0.3, 0.4) is 0 Å². The van der Waals surface area contributed by atoms with Crippen molar-refractivity contribution in [2.45, 2.75) is 0 Å². The molecule has 4 heteroatoms. The van der Waals surface area contributed by atoms with E-state index < -0.39 is 0 Å². The summed E-state index contributed by atoms with van der Waals surface area (Å²) in [5, 5.41) is 0. The van der Waals surface area contributed by atoms with Gasteiger partial charge in [0.15, 0.2) is 0 Å². The fraction of sp³-hybridized carbons (Fsp3) is 0. The summed E-state index contributed by atoms with van der Waals surface area (Å²) in [4.78, 5) is 0. The monoisotopic (exact) mass is 330 g/mol. The topological polar surface area (TPSA) is 35.0 Å². The van der Waals surface area contributed by atoms with Crippen LogP contribution in [0.15, 0.2) is 0 Å². The first-order chi connectivity index (χ1) is 1.41. The van der Waals surface area contributed by atoms with Gasteiger partial charge in [-0.05, 0) is 0 Å². The third-order valence-electron chi connectivity index (χ3n) is 0.